The second kappa shape index (κ2) is 7.51. The average molecular weight is 365 g/mol. The van der Waals surface area contributed by atoms with Gasteiger partial charge >= 0.3 is 0 Å². The summed E-state index contributed by atoms with van der Waals surface area (Å²) < 4.78 is 14.6. The van der Waals surface area contributed by atoms with Crippen LogP contribution in [0.15, 0.2) is 53.0 Å². The van der Waals surface area contributed by atoms with Crippen molar-refractivity contribution in [3.8, 4) is 0 Å². The van der Waals surface area contributed by atoms with E-state index in [2.05, 4.69) is 21.2 Å². The second-order valence-electron chi connectivity index (χ2n) is 5.18. The van der Waals surface area contributed by atoms with E-state index in [0.717, 1.165) is 10.2 Å². The fraction of sp³-hybridized carbons (Fsp3) is 0.235. The van der Waals surface area contributed by atoms with Crippen LogP contribution in [0.3, 0.4) is 0 Å². The molecule has 0 aliphatic heterocycles. The van der Waals surface area contributed by atoms with Crippen LogP contribution in [0.25, 0.3) is 0 Å². The molecule has 0 aliphatic carbocycles. The minimum atomic E-state index is -0.372. The SMILES string of the molecule is C[C@H](C(=O)Nc1ccc(Br)cc1)N(C)Cc1ccccc1F. The van der Waals surface area contributed by atoms with Crippen molar-refractivity contribution in [2.24, 2.45) is 0 Å². The molecule has 1 N–H and O–H groups in total. The minimum absolute atomic E-state index is 0.124. The van der Waals surface area contributed by atoms with E-state index in [1.165, 1.54) is 6.07 Å². The molecule has 1 atom stereocenters. The van der Waals surface area contributed by atoms with Crippen LogP contribution in [0.5, 0.6) is 0 Å². The number of halogens is 2. The Morgan fingerprint density at radius 2 is 1.86 bits per heavy atom. The van der Waals surface area contributed by atoms with Crippen LogP contribution in [0.1, 0.15) is 12.5 Å². The van der Waals surface area contributed by atoms with Crippen LogP contribution in [-0.4, -0.2) is 23.9 Å². The Bertz CT molecular complexity index is 645. The first kappa shape index (κ1) is 16.6. The van der Waals surface area contributed by atoms with E-state index in [0.29, 0.717) is 12.1 Å². The molecule has 0 spiro atoms. The molecule has 2 rings (SSSR count). The molecule has 1 amide bonds. The Morgan fingerprint density at radius 1 is 1.23 bits per heavy atom. The van der Waals surface area contributed by atoms with Gasteiger partial charge in [0, 0.05) is 22.3 Å². The normalized spacial score (nSPS) is 12.2. The van der Waals surface area contributed by atoms with Gasteiger partial charge in [-0.25, -0.2) is 4.39 Å². The highest BCUT2D eigenvalue weighted by Gasteiger charge is 2.19. The van der Waals surface area contributed by atoms with E-state index in [1.54, 1.807) is 32.2 Å². The zero-order chi connectivity index (χ0) is 16.1. The molecule has 2 aromatic carbocycles. The van der Waals surface area contributed by atoms with Crippen LogP contribution < -0.4 is 5.32 Å². The highest BCUT2D eigenvalue weighted by atomic mass is 79.9. The van der Waals surface area contributed by atoms with Crippen molar-refractivity contribution >= 4 is 27.5 Å². The third-order valence-corrected chi connectivity index (χ3v) is 4.06. The summed E-state index contributed by atoms with van der Waals surface area (Å²) in [6, 6.07) is 13.6. The molecule has 0 radical (unpaired) electrons. The van der Waals surface area contributed by atoms with Crippen molar-refractivity contribution in [1.29, 1.82) is 0 Å². The van der Waals surface area contributed by atoms with Crippen LogP contribution in [0.4, 0.5) is 10.1 Å². The first-order chi connectivity index (χ1) is 10.5. The highest BCUT2D eigenvalue weighted by molar-refractivity contribution is 9.10. The van der Waals surface area contributed by atoms with Gasteiger partial charge < -0.3 is 5.32 Å². The molecule has 3 nitrogen and oxygen atoms in total. The molecule has 0 saturated carbocycles. The number of likely N-dealkylation sites (N-methyl/N-ethyl adjacent to an activating group) is 1. The zero-order valence-electron chi connectivity index (χ0n) is 12.5. The monoisotopic (exact) mass is 364 g/mol. The maximum absolute atomic E-state index is 13.7. The Labute approximate surface area is 138 Å². The number of hydrogen-bond acceptors (Lipinski definition) is 2. The van der Waals surface area contributed by atoms with E-state index in [9.17, 15) is 9.18 Å². The molecule has 0 unspecified atom stereocenters. The third kappa shape index (κ3) is 4.39. The van der Waals surface area contributed by atoms with Gasteiger partial charge in [0.1, 0.15) is 5.82 Å². The number of carbonyl (C=O) groups is 1. The lowest BCUT2D eigenvalue weighted by atomic mass is 10.1. The maximum Gasteiger partial charge on any atom is 0.241 e. The number of rotatable bonds is 5. The summed E-state index contributed by atoms with van der Waals surface area (Å²) in [6.07, 6.45) is 0. The molecule has 0 aliphatic rings. The maximum atomic E-state index is 13.7. The van der Waals surface area contributed by atoms with Gasteiger partial charge in [-0.2, -0.15) is 0 Å². The predicted molar refractivity (Wildman–Crippen MR) is 90.1 cm³/mol. The summed E-state index contributed by atoms with van der Waals surface area (Å²) in [7, 11) is 1.80. The van der Waals surface area contributed by atoms with Crippen molar-refractivity contribution in [1.82, 2.24) is 4.90 Å². The average Bonchev–Trinajstić information content (AvgIpc) is 2.51. The molecule has 0 fully saturated rings. The van der Waals surface area contributed by atoms with E-state index in [4.69, 9.17) is 0 Å². The number of carbonyl (C=O) groups excluding carboxylic acids is 1. The van der Waals surface area contributed by atoms with Gasteiger partial charge in [0.25, 0.3) is 0 Å². The van der Waals surface area contributed by atoms with Crippen LogP contribution >= 0.6 is 15.9 Å². The number of hydrogen-bond donors (Lipinski definition) is 1. The number of anilines is 1. The van der Waals surface area contributed by atoms with Crippen molar-refractivity contribution in [2.45, 2.75) is 19.5 Å². The minimum Gasteiger partial charge on any atom is -0.325 e. The number of amides is 1. The second-order valence-corrected chi connectivity index (χ2v) is 6.09. The molecular formula is C17H18BrFN2O. The van der Waals surface area contributed by atoms with Gasteiger partial charge in [-0.15, -0.1) is 0 Å². The van der Waals surface area contributed by atoms with E-state index in [-0.39, 0.29) is 17.8 Å². The lowest BCUT2D eigenvalue weighted by Crippen LogP contribution is -2.39. The molecule has 22 heavy (non-hydrogen) atoms. The predicted octanol–water partition coefficient (Wildman–Crippen LogP) is 4.05. The fourth-order valence-corrected chi connectivity index (χ4v) is 2.28. The van der Waals surface area contributed by atoms with Crippen LogP contribution in [0, 0.1) is 5.82 Å². The molecule has 2 aromatic rings. The molecule has 0 bridgehead atoms. The summed E-state index contributed by atoms with van der Waals surface area (Å²) in [5, 5.41) is 2.86. The van der Waals surface area contributed by atoms with Gasteiger partial charge in [-0.1, -0.05) is 34.1 Å². The van der Waals surface area contributed by atoms with Crippen molar-refractivity contribution < 1.29 is 9.18 Å². The number of nitrogens with zero attached hydrogens (tertiary/aromatic N) is 1. The topological polar surface area (TPSA) is 32.3 Å². The van der Waals surface area contributed by atoms with Gasteiger partial charge in [0.2, 0.25) is 5.91 Å². The first-order valence-corrected chi connectivity index (χ1v) is 7.77. The van der Waals surface area contributed by atoms with E-state index < -0.39 is 0 Å². The fourth-order valence-electron chi connectivity index (χ4n) is 2.01. The van der Waals surface area contributed by atoms with Crippen molar-refractivity contribution in [3.63, 3.8) is 0 Å². The van der Waals surface area contributed by atoms with Gasteiger partial charge in [-0.3, -0.25) is 9.69 Å². The van der Waals surface area contributed by atoms with Crippen LogP contribution in [-0.2, 0) is 11.3 Å². The Morgan fingerprint density at radius 3 is 2.50 bits per heavy atom. The molecule has 0 heterocycles. The summed E-state index contributed by atoms with van der Waals surface area (Å²) >= 11 is 3.35. The van der Waals surface area contributed by atoms with Gasteiger partial charge in [0.15, 0.2) is 0 Å². The summed E-state index contributed by atoms with van der Waals surface area (Å²) in [5.41, 5.74) is 1.31. The summed E-state index contributed by atoms with van der Waals surface area (Å²) in [4.78, 5) is 14.1. The summed E-state index contributed by atoms with van der Waals surface area (Å²) in [6.45, 7) is 2.18. The Kier molecular flexibility index (Phi) is 5.69. The molecule has 0 aromatic heterocycles. The molecule has 0 saturated heterocycles. The summed E-state index contributed by atoms with van der Waals surface area (Å²) in [5.74, 6) is -0.379. The van der Waals surface area contributed by atoms with Crippen molar-refractivity contribution in [3.05, 3.63) is 64.4 Å². The molecule has 5 heteroatoms. The zero-order valence-corrected chi connectivity index (χ0v) is 14.1. The lowest BCUT2D eigenvalue weighted by Gasteiger charge is -2.24. The van der Waals surface area contributed by atoms with Gasteiger partial charge in [-0.05, 0) is 44.3 Å². The molecular weight excluding hydrogens is 347 g/mol. The highest BCUT2D eigenvalue weighted by Crippen LogP contribution is 2.15. The largest absolute Gasteiger partial charge is 0.325 e. The number of nitrogens with one attached hydrogen (secondary N) is 1. The van der Waals surface area contributed by atoms with Crippen LogP contribution in [0.2, 0.25) is 0 Å². The third-order valence-electron chi connectivity index (χ3n) is 3.53. The standard InChI is InChI=1S/C17H18BrFN2O/c1-12(17(22)20-15-9-7-14(18)8-10-15)21(2)11-13-5-3-4-6-16(13)19/h3-10,12H,11H2,1-2H3,(H,20,22)/t12-/m1/s1. The Balaban J connectivity index is 1.97. The van der Waals surface area contributed by atoms with E-state index >= 15 is 0 Å². The van der Waals surface area contributed by atoms with Crippen molar-refractivity contribution in [2.75, 3.05) is 12.4 Å². The molecule has 116 valence electrons. The Hall–Kier alpha value is -1.72. The first-order valence-electron chi connectivity index (χ1n) is 6.97. The quantitative estimate of drug-likeness (QED) is 0.867. The smallest absolute Gasteiger partial charge is 0.241 e. The van der Waals surface area contributed by atoms with Gasteiger partial charge in [0.05, 0.1) is 6.04 Å². The lowest BCUT2D eigenvalue weighted by molar-refractivity contribution is -0.120. The van der Waals surface area contributed by atoms with E-state index in [1.807, 2.05) is 29.2 Å². The number of benzene rings is 2.